The molecule has 2 aliphatic rings. The fraction of sp³-hybridized carbons (Fsp3) is 0.286. The van der Waals surface area contributed by atoms with Crippen LogP contribution in [0, 0.1) is 0 Å². The van der Waals surface area contributed by atoms with Crippen LogP contribution in [0.5, 0.6) is 11.5 Å². The van der Waals surface area contributed by atoms with E-state index in [4.69, 9.17) is 9.47 Å². The minimum Gasteiger partial charge on any atom is -0.486 e. The lowest BCUT2D eigenvalue weighted by atomic mass is 10.2. The monoisotopic (exact) mass is 390 g/mol. The Kier molecular flexibility index (Phi) is 4.73. The zero-order valence-electron chi connectivity index (χ0n) is 16.0. The number of rotatable bonds is 4. The molecule has 2 aliphatic heterocycles. The summed E-state index contributed by atoms with van der Waals surface area (Å²) in [6.07, 6.45) is 1.72. The molecule has 0 unspecified atom stereocenters. The Morgan fingerprint density at radius 1 is 0.828 bits per heavy atom. The predicted molar refractivity (Wildman–Crippen MR) is 111 cm³/mol. The zero-order chi connectivity index (χ0) is 19.5. The van der Waals surface area contributed by atoms with E-state index in [0.29, 0.717) is 19.2 Å². The smallest absolute Gasteiger partial charge is 0.249 e. The first-order valence-electron chi connectivity index (χ1n) is 9.76. The van der Waals surface area contributed by atoms with E-state index in [0.717, 1.165) is 49.2 Å². The third-order valence-electron chi connectivity index (χ3n) is 5.07. The molecule has 29 heavy (non-hydrogen) atoms. The van der Waals surface area contributed by atoms with Gasteiger partial charge in [0.2, 0.25) is 5.95 Å². The fourth-order valence-electron chi connectivity index (χ4n) is 3.58. The number of fused-ring (bicyclic) bond motifs is 1. The van der Waals surface area contributed by atoms with E-state index >= 15 is 0 Å². The summed E-state index contributed by atoms with van der Waals surface area (Å²) < 4.78 is 11.2. The summed E-state index contributed by atoms with van der Waals surface area (Å²) in [5.41, 5.74) is 2.09. The second-order valence-electron chi connectivity index (χ2n) is 6.93. The molecule has 8 nitrogen and oxygen atoms in total. The second kappa shape index (κ2) is 7.83. The molecular formula is C21H22N6O2. The van der Waals surface area contributed by atoms with Gasteiger partial charge < -0.3 is 24.6 Å². The molecule has 1 aromatic heterocycles. The molecule has 2 aromatic carbocycles. The zero-order valence-corrected chi connectivity index (χ0v) is 16.0. The lowest BCUT2D eigenvalue weighted by Gasteiger charge is -2.36. The quantitative estimate of drug-likeness (QED) is 0.729. The van der Waals surface area contributed by atoms with Gasteiger partial charge in [-0.05, 0) is 24.3 Å². The van der Waals surface area contributed by atoms with Crippen LogP contribution in [-0.2, 0) is 0 Å². The highest BCUT2D eigenvalue weighted by Crippen LogP contribution is 2.33. The van der Waals surface area contributed by atoms with Crippen LogP contribution in [0.15, 0.2) is 54.7 Å². The molecule has 1 fully saturated rings. The first kappa shape index (κ1) is 17.5. The number of hydrogen-bond acceptors (Lipinski definition) is 8. The first-order chi connectivity index (χ1) is 14.3. The molecule has 0 aliphatic carbocycles. The molecule has 8 heteroatoms. The van der Waals surface area contributed by atoms with Crippen LogP contribution in [-0.4, -0.2) is 54.6 Å². The van der Waals surface area contributed by atoms with Crippen LogP contribution in [0.4, 0.5) is 23.1 Å². The van der Waals surface area contributed by atoms with Gasteiger partial charge in [0.15, 0.2) is 17.3 Å². The summed E-state index contributed by atoms with van der Waals surface area (Å²) in [6, 6.07) is 16.2. The fourth-order valence-corrected chi connectivity index (χ4v) is 3.58. The standard InChI is InChI=1S/C21H22N6O2/c1-2-4-17(5-3-1)26-8-10-27(11-9-26)20-15-22-25-21(24-20)23-16-6-7-18-19(14-16)29-13-12-28-18/h1-7,14-15H,8-13H2,(H,23,24,25). The number of benzene rings is 2. The van der Waals surface area contributed by atoms with E-state index in [9.17, 15) is 0 Å². The van der Waals surface area contributed by atoms with Crippen molar-refractivity contribution in [3.05, 3.63) is 54.7 Å². The summed E-state index contributed by atoms with van der Waals surface area (Å²) in [5.74, 6) is 2.77. The van der Waals surface area contributed by atoms with Crippen molar-refractivity contribution < 1.29 is 9.47 Å². The number of nitrogens with one attached hydrogen (secondary N) is 1. The minimum absolute atomic E-state index is 0.463. The van der Waals surface area contributed by atoms with Crippen molar-refractivity contribution in [1.29, 1.82) is 0 Å². The molecule has 0 radical (unpaired) electrons. The molecule has 1 N–H and O–H groups in total. The molecule has 3 heterocycles. The molecular weight excluding hydrogens is 368 g/mol. The maximum Gasteiger partial charge on any atom is 0.249 e. The Bertz CT molecular complexity index is 976. The van der Waals surface area contributed by atoms with E-state index in [1.54, 1.807) is 6.20 Å². The highest BCUT2D eigenvalue weighted by atomic mass is 16.6. The normalized spacial score (nSPS) is 15.9. The van der Waals surface area contributed by atoms with Gasteiger partial charge in [0, 0.05) is 43.6 Å². The van der Waals surface area contributed by atoms with E-state index in [2.05, 4.69) is 54.6 Å². The second-order valence-corrected chi connectivity index (χ2v) is 6.93. The predicted octanol–water partition coefficient (Wildman–Crippen LogP) is 2.71. The van der Waals surface area contributed by atoms with Crippen molar-refractivity contribution in [1.82, 2.24) is 15.2 Å². The molecule has 5 rings (SSSR count). The van der Waals surface area contributed by atoms with Crippen LogP contribution >= 0.6 is 0 Å². The number of ether oxygens (including phenoxy) is 2. The van der Waals surface area contributed by atoms with Crippen LogP contribution in [0.3, 0.4) is 0 Å². The SMILES string of the molecule is c1ccc(N2CCN(c3cnnc(Nc4ccc5c(c4)OCCO5)n3)CC2)cc1. The Morgan fingerprint density at radius 3 is 2.41 bits per heavy atom. The lowest BCUT2D eigenvalue weighted by Crippen LogP contribution is -2.46. The highest BCUT2D eigenvalue weighted by Gasteiger charge is 2.19. The summed E-state index contributed by atoms with van der Waals surface area (Å²) in [6.45, 7) is 4.79. The van der Waals surface area contributed by atoms with Crippen LogP contribution < -0.4 is 24.6 Å². The van der Waals surface area contributed by atoms with Crippen molar-refractivity contribution in [2.45, 2.75) is 0 Å². The Hall–Kier alpha value is -3.55. The molecule has 0 atom stereocenters. The summed E-state index contributed by atoms with van der Waals surface area (Å²) in [5, 5.41) is 11.5. The molecule has 0 saturated carbocycles. The van der Waals surface area contributed by atoms with Gasteiger partial charge in [-0.25, -0.2) is 0 Å². The van der Waals surface area contributed by atoms with E-state index in [1.807, 2.05) is 24.3 Å². The van der Waals surface area contributed by atoms with Gasteiger partial charge in [-0.3, -0.25) is 0 Å². The number of nitrogens with zero attached hydrogens (tertiary/aromatic N) is 5. The van der Waals surface area contributed by atoms with Crippen LogP contribution in [0.1, 0.15) is 0 Å². The number of aromatic nitrogens is 3. The van der Waals surface area contributed by atoms with Gasteiger partial charge in [0.25, 0.3) is 0 Å². The van der Waals surface area contributed by atoms with Crippen molar-refractivity contribution in [2.24, 2.45) is 0 Å². The third-order valence-corrected chi connectivity index (χ3v) is 5.07. The number of para-hydroxylation sites is 1. The molecule has 148 valence electrons. The van der Waals surface area contributed by atoms with E-state index in [1.165, 1.54) is 5.69 Å². The van der Waals surface area contributed by atoms with Crippen molar-refractivity contribution in [3.63, 3.8) is 0 Å². The van der Waals surface area contributed by atoms with E-state index in [-0.39, 0.29) is 0 Å². The van der Waals surface area contributed by atoms with Gasteiger partial charge in [-0.15, -0.1) is 5.10 Å². The largest absolute Gasteiger partial charge is 0.486 e. The van der Waals surface area contributed by atoms with Gasteiger partial charge in [0.05, 0.1) is 6.20 Å². The summed E-state index contributed by atoms with van der Waals surface area (Å²) >= 11 is 0. The van der Waals surface area contributed by atoms with Gasteiger partial charge >= 0.3 is 0 Å². The van der Waals surface area contributed by atoms with Crippen LogP contribution in [0.2, 0.25) is 0 Å². The topological polar surface area (TPSA) is 75.6 Å². The Balaban J connectivity index is 1.26. The molecule has 0 amide bonds. The average Bonchev–Trinajstić information content (AvgIpc) is 2.80. The minimum atomic E-state index is 0.463. The number of piperazine rings is 1. The van der Waals surface area contributed by atoms with Crippen molar-refractivity contribution in [2.75, 3.05) is 54.5 Å². The van der Waals surface area contributed by atoms with E-state index < -0.39 is 0 Å². The maximum atomic E-state index is 5.63. The molecule has 0 bridgehead atoms. The van der Waals surface area contributed by atoms with Crippen molar-refractivity contribution in [3.8, 4) is 11.5 Å². The molecule has 0 spiro atoms. The highest BCUT2D eigenvalue weighted by molar-refractivity contribution is 5.60. The summed E-state index contributed by atoms with van der Waals surface area (Å²) in [7, 11) is 0. The first-order valence-corrected chi connectivity index (χ1v) is 9.76. The Morgan fingerprint density at radius 2 is 1.59 bits per heavy atom. The van der Waals surface area contributed by atoms with Crippen molar-refractivity contribution >= 4 is 23.1 Å². The third kappa shape index (κ3) is 3.87. The molecule has 3 aromatic rings. The number of anilines is 4. The number of hydrogen-bond donors (Lipinski definition) is 1. The maximum absolute atomic E-state index is 5.63. The average molecular weight is 390 g/mol. The Labute approximate surface area is 169 Å². The van der Waals surface area contributed by atoms with Gasteiger partial charge in [-0.2, -0.15) is 10.1 Å². The van der Waals surface area contributed by atoms with Crippen LogP contribution in [0.25, 0.3) is 0 Å². The van der Waals surface area contributed by atoms with Gasteiger partial charge in [-0.1, -0.05) is 18.2 Å². The summed E-state index contributed by atoms with van der Waals surface area (Å²) in [4.78, 5) is 9.28. The lowest BCUT2D eigenvalue weighted by molar-refractivity contribution is 0.171. The molecule has 1 saturated heterocycles. The van der Waals surface area contributed by atoms with Gasteiger partial charge in [0.1, 0.15) is 13.2 Å².